The summed E-state index contributed by atoms with van der Waals surface area (Å²) in [5.41, 5.74) is 1.30. The van der Waals surface area contributed by atoms with Gasteiger partial charge in [0.2, 0.25) is 0 Å². The average Bonchev–Trinajstić information content (AvgIpc) is 2.68. The Labute approximate surface area is 127 Å². The Morgan fingerprint density at radius 1 is 1.37 bits per heavy atom. The second-order valence-electron chi connectivity index (χ2n) is 4.39. The minimum atomic E-state index is 0.730. The molecule has 1 heterocycles. The lowest BCUT2D eigenvalue weighted by molar-refractivity contribution is 0.245. The van der Waals surface area contributed by atoms with Gasteiger partial charge >= 0.3 is 0 Å². The van der Waals surface area contributed by atoms with E-state index in [9.17, 15) is 0 Å². The van der Waals surface area contributed by atoms with Crippen LogP contribution < -0.4 is 0 Å². The van der Waals surface area contributed by atoms with Gasteiger partial charge in [0.05, 0.1) is 6.67 Å². The third-order valence-corrected chi connectivity index (χ3v) is 4.66. The van der Waals surface area contributed by atoms with Crippen molar-refractivity contribution in [1.82, 2.24) is 14.7 Å². The molecular weight excluding hydrogens is 294 g/mol. The number of hydrogen-bond donors (Lipinski definition) is 0. The van der Waals surface area contributed by atoms with Crippen molar-refractivity contribution in [3.63, 3.8) is 0 Å². The van der Waals surface area contributed by atoms with Gasteiger partial charge in [0.1, 0.15) is 5.01 Å². The second kappa shape index (κ2) is 6.65. The first-order valence-corrected chi connectivity index (χ1v) is 8.39. The van der Waals surface area contributed by atoms with Crippen LogP contribution in [0.2, 0.25) is 0 Å². The summed E-state index contributed by atoms with van der Waals surface area (Å²) in [7, 11) is 2.08. The normalized spacial score (nSPS) is 11.2. The van der Waals surface area contributed by atoms with Crippen LogP contribution in [0.4, 0.5) is 0 Å². The van der Waals surface area contributed by atoms with E-state index in [1.54, 1.807) is 23.1 Å². The van der Waals surface area contributed by atoms with Crippen LogP contribution in [0.25, 0.3) is 0 Å². The van der Waals surface area contributed by atoms with E-state index in [2.05, 4.69) is 47.6 Å². The highest BCUT2D eigenvalue weighted by atomic mass is 32.2. The molecule has 0 aliphatic heterocycles. The predicted molar refractivity (Wildman–Crippen MR) is 85.4 cm³/mol. The van der Waals surface area contributed by atoms with Crippen molar-refractivity contribution in [2.24, 2.45) is 0 Å². The Balaban J connectivity index is 1.98. The van der Waals surface area contributed by atoms with Crippen molar-refractivity contribution in [2.75, 3.05) is 13.3 Å². The second-order valence-corrected chi connectivity index (χ2v) is 7.10. The molecule has 1 aromatic heterocycles. The zero-order valence-electron chi connectivity index (χ0n) is 11.3. The monoisotopic (exact) mass is 311 g/mol. The Morgan fingerprint density at radius 2 is 2.05 bits per heavy atom. The summed E-state index contributed by atoms with van der Waals surface area (Å²) in [5, 5.41) is 5.42. The van der Waals surface area contributed by atoms with Crippen LogP contribution in [0.15, 0.2) is 29.2 Å². The van der Waals surface area contributed by atoms with Crippen LogP contribution in [0.3, 0.4) is 0 Å². The van der Waals surface area contributed by atoms with Crippen LogP contribution in [0, 0.1) is 10.9 Å². The fourth-order valence-corrected chi connectivity index (χ4v) is 3.29. The van der Waals surface area contributed by atoms with E-state index >= 15 is 0 Å². The topological polar surface area (TPSA) is 21.1 Å². The summed E-state index contributed by atoms with van der Waals surface area (Å²) in [6, 6.07) is 8.67. The van der Waals surface area contributed by atoms with Crippen molar-refractivity contribution in [2.45, 2.75) is 25.0 Å². The summed E-state index contributed by atoms with van der Waals surface area (Å²) in [6.45, 7) is 3.61. The van der Waals surface area contributed by atoms with E-state index in [4.69, 9.17) is 12.2 Å². The Kier molecular flexibility index (Phi) is 5.15. The minimum Gasteiger partial charge on any atom is -0.283 e. The molecule has 0 unspecified atom stereocenters. The maximum Gasteiger partial charge on any atom is 0.180 e. The molecule has 0 amide bonds. The lowest BCUT2D eigenvalue weighted by Crippen LogP contribution is -2.22. The van der Waals surface area contributed by atoms with E-state index in [-0.39, 0.29) is 0 Å². The molecule has 1 aromatic carbocycles. The van der Waals surface area contributed by atoms with Crippen LogP contribution in [0.5, 0.6) is 0 Å². The molecule has 19 heavy (non-hydrogen) atoms. The van der Waals surface area contributed by atoms with E-state index < -0.39 is 0 Å². The zero-order chi connectivity index (χ0) is 13.8. The molecule has 3 nitrogen and oxygen atoms in total. The van der Waals surface area contributed by atoms with Crippen LogP contribution in [-0.4, -0.2) is 28.0 Å². The summed E-state index contributed by atoms with van der Waals surface area (Å²) >= 11 is 8.60. The average molecular weight is 312 g/mol. The molecule has 0 spiro atoms. The lowest BCUT2D eigenvalue weighted by atomic mass is 10.2. The van der Waals surface area contributed by atoms with E-state index in [1.165, 1.54) is 10.5 Å². The van der Waals surface area contributed by atoms with Gasteiger partial charge in [0.15, 0.2) is 3.95 Å². The van der Waals surface area contributed by atoms with E-state index in [0.29, 0.717) is 0 Å². The Morgan fingerprint density at radius 3 is 2.58 bits per heavy atom. The molecule has 0 fully saturated rings. The maximum absolute atomic E-state index is 5.28. The van der Waals surface area contributed by atoms with Crippen LogP contribution in [0.1, 0.15) is 10.6 Å². The quantitative estimate of drug-likeness (QED) is 0.618. The van der Waals surface area contributed by atoms with Crippen molar-refractivity contribution >= 4 is 35.3 Å². The molecule has 0 bridgehead atoms. The lowest BCUT2D eigenvalue weighted by Gasteiger charge is -2.16. The summed E-state index contributed by atoms with van der Waals surface area (Å²) in [4.78, 5) is 3.51. The van der Waals surface area contributed by atoms with Gasteiger partial charge in [-0.1, -0.05) is 23.5 Å². The number of thioether (sulfide) groups is 1. The number of nitrogens with zero attached hydrogens (tertiary/aromatic N) is 3. The first kappa shape index (κ1) is 14.7. The standard InChI is InChI=1S/C13H17N3S3/c1-10-14-16(13(17)19-10)9-15(2)8-11-4-6-12(18-3)7-5-11/h4-7H,8-9H2,1-3H3. The number of hydrogen-bond acceptors (Lipinski definition) is 5. The van der Waals surface area contributed by atoms with Crippen LogP contribution >= 0.6 is 35.3 Å². The number of aromatic nitrogens is 2. The number of aryl methyl sites for hydroxylation is 1. The van der Waals surface area contributed by atoms with Gasteiger partial charge in [-0.3, -0.25) is 4.90 Å². The molecule has 0 N–H and O–H groups in total. The zero-order valence-corrected chi connectivity index (χ0v) is 13.7. The molecule has 0 aliphatic carbocycles. The van der Waals surface area contributed by atoms with Crippen molar-refractivity contribution in [1.29, 1.82) is 0 Å². The fourth-order valence-electron chi connectivity index (χ4n) is 1.82. The first-order chi connectivity index (χ1) is 9.08. The van der Waals surface area contributed by atoms with Crippen LogP contribution in [-0.2, 0) is 13.2 Å². The molecule has 0 radical (unpaired) electrons. The van der Waals surface area contributed by atoms with Crippen molar-refractivity contribution in [3.8, 4) is 0 Å². The summed E-state index contributed by atoms with van der Waals surface area (Å²) in [6.07, 6.45) is 2.09. The highest BCUT2D eigenvalue weighted by Crippen LogP contribution is 2.16. The van der Waals surface area contributed by atoms with E-state index in [1.807, 2.05) is 11.6 Å². The van der Waals surface area contributed by atoms with Gasteiger partial charge in [-0.15, -0.1) is 11.8 Å². The van der Waals surface area contributed by atoms with Gasteiger partial charge in [-0.25, -0.2) is 4.68 Å². The van der Waals surface area contributed by atoms with Crippen molar-refractivity contribution < 1.29 is 0 Å². The molecule has 0 aliphatic rings. The summed E-state index contributed by atoms with van der Waals surface area (Å²) < 4.78 is 2.72. The van der Waals surface area contributed by atoms with Crippen molar-refractivity contribution in [3.05, 3.63) is 38.8 Å². The highest BCUT2D eigenvalue weighted by molar-refractivity contribution is 7.98. The SMILES string of the molecule is CSc1ccc(CN(C)Cn2nc(C)sc2=S)cc1. The maximum atomic E-state index is 5.28. The van der Waals surface area contributed by atoms with Gasteiger partial charge in [-0.05, 0) is 50.1 Å². The smallest absolute Gasteiger partial charge is 0.180 e. The molecule has 0 saturated carbocycles. The Bertz CT molecular complexity index is 586. The molecule has 6 heteroatoms. The van der Waals surface area contributed by atoms with Gasteiger partial charge < -0.3 is 0 Å². The number of rotatable bonds is 5. The largest absolute Gasteiger partial charge is 0.283 e. The first-order valence-electron chi connectivity index (χ1n) is 5.94. The van der Waals surface area contributed by atoms with E-state index in [0.717, 1.165) is 22.2 Å². The van der Waals surface area contributed by atoms with Gasteiger partial charge in [0.25, 0.3) is 0 Å². The summed E-state index contributed by atoms with van der Waals surface area (Å²) in [5.74, 6) is 0. The molecule has 0 atom stereocenters. The minimum absolute atomic E-state index is 0.730. The van der Waals surface area contributed by atoms with Gasteiger partial charge in [0, 0.05) is 11.4 Å². The number of benzene rings is 1. The van der Waals surface area contributed by atoms with Gasteiger partial charge in [-0.2, -0.15) is 5.10 Å². The highest BCUT2D eigenvalue weighted by Gasteiger charge is 2.04. The fraction of sp³-hybridized carbons (Fsp3) is 0.385. The predicted octanol–water partition coefficient (Wildman–Crippen LogP) is 3.79. The molecule has 0 saturated heterocycles. The molecule has 2 aromatic rings. The molecule has 102 valence electrons. The Hall–Kier alpha value is -0.690. The third kappa shape index (κ3) is 4.14. The third-order valence-electron chi connectivity index (χ3n) is 2.69. The molecule has 2 rings (SSSR count). The molecular formula is C13H17N3S3.